The Balaban J connectivity index is 2.00. The van der Waals surface area contributed by atoms with Crippen LogP contribution in [0.25, 0.3) is 0 Å². The number of carbonyl (C=O) groups is 1. The summed E-state index contributed by atoms with van der Waals surface area (Å²) in [5, 5.41) is 6.95. The monoisotopic (exact) mass is 293 g/mol. The van der Waals surface area contributed by atoms with Crippen LogP contribution in [0.1, 0.15) is 57.0 Å². The SMILES string of the molecule is CCN1CCCC1CN(C)C(=O)c1n[nH]c(C(C)(C)C)n1. The van der Waals surface area contributed by atoms with E-state index >= 15 is 0 Å². The largest absolute Gasteiger partial charge is 0.337 e. The number of likely N-dealkylation sites (N-methyl/N-ethyl adjacent to an activating group) is 2. The average Bonchev–Trinajstić information content (AvgIpc) is 3.05. The molecule has 0 radical (unpaired) electrons. The summed E-state index contributed by atoms with van der Waals surface area (Å²) in [6.07, 6.45) is 2.38. The highest BCUT2D eigenvalue weighted by molar-refractivity contribution is 5.90. The van der Waals surface area contributed by atoms with Crippen LogP contribution in [0.5, 0.6) is 0 Å². The molecule has 1 fully saturated rings. The van der Waals surface area contributed by atoms with Gasteiger partial charge >= 0.3 is 0 Å². The molecule has 0 bridgehead atoms. The molecule has 2 rings (SSSR count). The van der Waals surface area contributed by atoms with Gasteiger partial charge in [-0.1, -0.05) is 27.7 Å². The molecule has 6 nitrogen and oxygen atoms in total. The highest BCUT2D eigenvalue weighted by atomic mass is 16.2. The second-order valence-electron chi connectivity index (χ2n) is 6.87. The van der Waals surface area contributed by atoms with Crippen LogP contribution >= 0.6 is 0 Å². The summed E-state index contributed by atoms with van der Waals surface area (Å²) in [4.78, 5) is 21.0. The number of aromatic amines is 1. The highest BCUT2D eigenvalue weighted by Crippen LogP contribution is 2.19. The number of H-pyrrole nitrogens is 1. The van der Waals surface area contributed by atoms with Crippen LogP contribution in [0.15, 0.2) is 0 Å². The summed E-state index contributed by atoms with van der Waals surface area (Å²) in [5.74, 6) is 0.906. The molecule has 0 saturated carbocycles. The summed E-state index contributed by atoms with van der Waals surface area (Å²) in [6, 6.07) is 0.463. The lowest BCUT2D eigenvalue weighted by molar-refractivity contribution is 0.0743. The number of carbonyl (C=O) groups excluding carboxylic acids is 1. The van der Waals surface area contributed by atoms with Crippen LogP contribution < -0.4 is 0 Å². The van der Waals surface area contributed by atoms with Crippen molar-refractivity contribution in [1.82, 2.24) is 25.0 Å². The second kappa shape index (κ2) is 6.13. The van der Waals surface area contributed by atoms with Crippen molar-refractivity contribution in [3.63, 3.8) is 0 Å². The third-order valence-corrected chi connectivity index (χ3v) is 4.12. The summed E-state index contributed by atoms with van der Waals surface area (Å²) < 4.78 is 0. The minimum Gasteiger partial charge on any atom is -0.337 e. The van der Waals surface area contributed by atoms with E-state index in [-0.39, 0.29) is 17.1 Å². The molecule has 1 aliphatic heterocycles. The van der Waals surface area contributed by atoms with Gasteiger partial charge in [0.1, 0.15) is 5.82 Å². The van der Waals surface area contributed by atoms with Crippen LogP contribution in [-0.4, -0.2) is 63.6 Å². The number of aromatic nitrogens is 3. The molecule has 1 unspecified atom stereocenters. The first-order valence-electron chi connectivity index (χ1n) is 7.75. The van der Waals surface area contributed by atoms with Gasteiger partial charge < -0.3 is 4.90 Å². The zero-order valence-electron chi connectivity index (χ0n) is 13.8. The molecule has 1 N–H and O–H groups in total. The van der Waals surface area contributed by atoms with Crippen LogP contribution in [0.2, 0.25) is 0 Å². The van der Waals surface area contributed by atoms with Gasteiger partial charge in [-0.25, -0.2) is 4.98 Å². The van der Waals surface area contributed by atoms with Gasteiger partial charge in [-0.3, -0.25) is 14.8 Å². The molecule has 1 amide bonds. The summed E-state index contributed by atoms with van der Waals surface area (Å²) in [7, 11) is 1.83. The third kappa shape index (κ3) is 3.61. The summed E-state index contributed by atoms with van der Waals surface area (Å²) in [5.41, 5.74) is -0.130. The van der Waals surface area contributed by atoms with E-state index in [9.17, 15) is 4.79 Å². The Morgan fingerprint density at radius 1 is 1.48 bits per heavy atom. The molecule has 0 aromatic carbocycles. The maximum absolute atomic E-state index is 12.4. The maximum atomic E-state index is 12.4. The molecular formula is C15H27N5O. The standard InChI is InChI=1S/C15H27N5O/c1-6-20-9-7-8-11(20)10-19(5)13(21)12-16-14(18-17-12)15(2,3)4/h11H,6-10H2,1-5H3,(H,16,17,18). The fourth-order valence-corrected chi connectivity index (χ4v) is 2.78. The van der Waals surface area contributed by atoms with Crippen LogP contribution in [0, 0.1) is 0 Å². The van der Waals surface area contributed by atoms with Crippen molar-refractivity contribution in [2.75, 3.05) is 26.7 Å². The predicted octanol–water partition coefficient (Wildman–Crippen LogP) is 1.66. The van der Waals surface area contributed by atoms with E-state index in [0.717, 1.165) is 31.9 Å². The van der Waals surface area contributed by atoms with Gasteiger partial charge in [0.2, 0.25) is 5.82 Å². The van der Waals surface area contributed by atoms with Crippen molar-refractivity contribution in [3.8, 4) is 0 Å². The van der Waals surface area contributed by atoms with Crippen molar-refractivity contribution in [2.24, 2.45) is 0 Å². The molecule has 0 spiro atoms. The molecule has 1 saturated heterocycles. The van der Waals surface area contributed by atoms with Crippen LogP contribution in [-0.2, 0) is 5.41 Å². The fraction of sp³-hybridized carbons (Fsp3) is 0.800. The lowest BCUT2D eigenvalue weighted by Gasteiger charge is -2.27. The molecule has 1 atom stereocenters. The lowest BCUT2D eigenvalue weighted by Crippen LogP contribution is -2.41. The summed E-state index contributed by atoms with van der Waals surface area (Å²) >= 11 is 0. The molecule has 0 aliphatic carbocycles. The number of nitrogens with one attached hydrogen (secondary N) is 1. The molecule has 6 heteroatoms. The van der Waals surface area contributed by atoms with E-state index < -0.39 is 0 Å². The molecule has 118 valence electrons. The summed E-state index contributed by atoms with van der Waals surface area (Å²) in [6.45, 7) is 11.2. The Kier molecular flexibility index (Phi) is 4.66. The van der Waals surface area contributed by atoms with Crippen LogP contribution in [0.3, 0.4) is 0 Å². The fourth-order valence-electron chi connectivity index (χ4n) is 2.78. The van der Waals surface area contributed by atoms with E-state index in [0.29, 0.717) is 6.04 Å². The van der Waals surface area contributed by atoms with E-state index in [1.54, 1.807) is 4.90 Å². The van der Waals surface area contributed by atoms with E-state index in [1.165, 1.54) is 6.42 Å². The first-order chi connectivity index (χ1) is 9.82. The Morgan fingerprint density at radius 3 is 2.76 bits per heavy atom. The minimum absolute atomic E-state index is 0.107. The molecular weight excluding hydrogens is 266 g/mol. The zero-order chi connectivity index (χ0) is 15.6. The van der Waals surface area contributed by atoms with E-state index in [1.807, 2.05) is 27.8 Å². The van der Waals surface area contributed by atoms with E-state index in [2.05, 4.69) is 27.0 Å². The number of amides is 1. The molecule has 2 heterocycles. The lowest BCUT2D eigenvalue weighted by atomic mass is 9.96. The third-order valence-electron chi connectivity index (χ3n) is 4.12. The van der Waals surface area contributed by atoms with Crippen molar-refractivity contribution in [1.29, 1.82) is 0 Å². The number of likely N-dealkylation sites (tertiary alicyclic amines) is 1. The van der Waals surface area contributed by atoms with Gasteiger partial charge in [-0.05, 0) is 25.9 Å². The minimum atomic E-state index is -0.130. The van der Waals surface area contributed by atoms with Gasteiger partial charge in [0.15, 0.2) is 0 Å². The molecule has 1 aromatic heterocycles. The smallest absolute Gasteiger partial charge is 0.293 e. The maximum Gasteiger partial charge on any atom is 0.293 e. The molecule has 21 heavy (non-hydrogen) atoms. The average molecular weight is 293 g/mol. The Bertz CT molecular complexity index is 490. The normalized spacial score (nSPS) is 20.0. The van der Waals surface area contributed by atoms with Gasteiger partial charge in [-0.2, -0.15) is 0 Å². The van der Waals surface area contributed by atoms with Crippen molar-refractivity contribution >= 4 is 5.91 Å². The van der Waals surface area contributed by atoms with Crippen molar-refractivity contribution < 1.29 is 4.79 Å². The number of hydrogen-bond acceptors (Lipinski definition) is 4. The Labute approximate surface area is 126 Å². The van der Waals surface area contributed by atoms with Crippen LogP contribution in [0.4, 0.5) is 0 Å². The number of nitrogens with zero attached hydrogens (tertiary/aromatic N) is 4. The predicted molar refractivity (Wildman–Crippen MR) is 82.3 cm³/mol. The van der Waals surface area contributed by atoms with Gasteiger partial charge in [0.25, 0.3) is 5.91 Å². The first-order valence-corrected chi connectivity index (χ1v) is 7.75. The second-order valence-corrected chi connectivity index (χ2v) is 6.87. The quantitative estimate of drug-likeness (QED) is 0.917. The topological polar surface area (TPSA) is 65.1 Å². The first kappa shape index (κ1) is 15.9. The Hall–Kier alpha value is -1.43. The van der Waals surface area contributed by atoms with Gasteiger partial charge in [0.05, 0.1) is 0 Å². The van der Waals surface area contributed by atoms with Crippen molar-refractivity contribution in [3.05, 3.63) is 11.6 Å². The number of hydrogen-bond donors (Lipinski definition) is 1. The van der Waals surface area contributed by atoms with Gasteiger partial charge in [-0.15, -0.1) is 5.10 Å². The molecule has 1 aliphatic rings. The van der Waals surface area contributed by atoms with E-state index in [4.69, 9.17) is 0 Å². The molecule has 1 aromatic rings. The van der Waals surface area contributed by atoms with Gasteiger partial charge in [0, 0.05) is 25.0 Å². The van der Waals surface area contributed by atoms with Crippen molar-refractivity contribution in [2.45, 2.75) is 52.0 Å². The number of rotatable bonds is 4. The Morgan fingerprint density at radius 2 is 2.19 bits per heavy atom. The highest BCUT2D eigenvalue weighted by Gasteiger charge is 2.28. The zero-order valence-corrected chi connectivity index (χ0v) is 13.8.